The number of nitrogens with zero attached hydrogens (tertiary/aromatic N) is 3. The Kier molecular flexibility index (Phi) is 7.47. The summed E-state index contributed by atoms with van der Waals surface area (Å²) in [7, 11) is 2.65. The smallest absolute Gasteiger partial charge is 0.345 e. The van der Waals surface area contributed by atoms with Crippen molar-refractivity contribution in [2.24, 2.45) is 5.10 Å². The van der Waals surface area contributed by atoms with E-state index in [9.17, 15) is 14.4 Å². The fraction of sp³-hybridized carbons (Fsp3) is 0.182. The van der Waals surface area contributed by atoms with Crippen LogP contribution >= 0.6 is 0 Å². The number of hydrogen-bond acceptors (Lipinski definition) is 9. The molecule has 0 saturated carbocycles. The highest BCUT2D eigenvalue weighted by Gasteiger charge is 2.20. The van der Waals surface area contributed by atoms with Gasteiger partial charge in [-0.1, -0.05) is 6.07 Å². The van der Waals surface area contributed by atoms with Crippen LogP contribution < -0.4 is 20.6 Å². The van der Waals surface area contributed by atoms with Crippen molar-refractivity contribution in [2.75, 3.05) is 20.8 Å². The number of carbonyl (C=O) groups is 2. The molecule has 170 valence electrons. The molecule has 2 aromatic heterocycles. The lowest BCUT2D eigenvalue weighted by Gasteiger charge is -2.13. The summed E-state index contributed by atoms with van der Waals surface area (Å²) in [5.74, 6) is -0.597. The number of nitrogens with one attached hydrogen (secondary N) is 2. The zero-order chi connectivity index (χ0) is 23.8. The zero-order valence-electron chi connectivity index (χ0n) is 18.1. The van der Waals surface area contributed by atoms with E-state index in [-0.39, 0.29) is 29.4 Å². The number of aryl methyl sites for hydroxylation is 1. The van der Waals surface area contributed by atoms with E-state index in [0.29, 0.717) is 17.0 Å². The number of esters is 1. The summed E-state index contributed by atoms with van der Waals surface area (Å²) in [6.07, 6.45) is 3.02. The first-order valence-electron chi connectivity index (χ1n) is 9.66. The van der Waals surface area contributed by atoms with Gasteiger partial charge in [-0.15, -0.1) is 0 Å². The summed E-state index contributed by atoms with van der Waals surface area (Å²) in [5, 5.41) is 3.82. The largest absolute Gasteiger partial charge is 0.493 e. The first-order chi connectivity index (χ1) is 15.9. The molecule has 0 unspecified atom stereocenters. The minimum absolute atomic E-state index is 0.123. The molecular formula is C22H21N5O6. The Morgan fingerprint density at radius 1 is 1.18 bits per heavy atom. The summed E-state index contributed by atoms with van der Waals surface area (Å²) in [4.78, 5) is 46.6. The number of benzene rings is 1. The Balaban J connectivity index is 1.76. The standard InChI is InChI=1S/C22H21N5O6/c1-13-19(21(29)32-3)20(26-22(30)25-13)14-7-8-16(17(10-14)31-2)33-12-18(28)27-24-11-15-6-4-5-9-23-15/h4-11H,12H2,1-3H3,(H,27,28)(H,25,26,30)/b24-11+. The van der Waals surface area contributed by atoms with Gasteiger partial charge in [-0.05, 0) is 37.3 Å². The molecule has 11 heteroatoms. The molecule has 0 saturated heterocycles. The molecule has 0 aliphatic rings. The van der Waals surface area contributed by atoms with E-state index in [1.807, 2.05) is 0 Å². The molecule has 0 spiro atoms. The number of amides is 1. The van der Waals surface area contributed by atoms with Gasteiger partial charge in [0, 0.05) is 17.5 Å². The Hall–Kier alpha value is -4.54. The van der Waals surface area contributed by atoms with E-state index in [1.54, 1.807) is 43.5 Å². The van der Waals surface area contributed by atoms with Crippen LogP contribution in [0.4, 0.5) is 0 Å². The molecule has 0 bridgehead atoms. The number of aromatic amines is 1. The molecule has 0 atom stereocenters. The lowest BCUT2D eigenvalue weighted by Crippen LogP contribution is -2.24. The maximum absolute atomic E-state index is 12.2. The molecule has 0 aliphatic heterocycles. The van der Waals surface area contributed by atoms with E-state index in [4.69, 9.17) is 14.2 Å². The highest BCUT2D eigenvalue weighted by atomic mass is 16.5. The van der Waals surface area contributed by atoms with Crippen molar-refractivity contribution in [3.05, 3.63) is 70.0 Å². The number of hydrogen-bond donors (Lipinski definition) is 2. The summed E-state index contributed by atoms with van der Waals surface area (Å²) < 4.78 is 15.7. The van der Waals surface area contributed by atoms with Crippen LogP contribution in [0.15, 0.2) is 52.5 Å². The molecule has 33 heavy (non-hydrogen) atoms. The predicted molar refractivity (Wildman–Crippen MR) is 118 cm³/mol. The van der Waals surface area contributed by atoms with Crippen molar-refractivity contribution >= 4 is 18.1 Å². The number of H-pyrrole nitrogens is 1. The second-order valence-electron chi connectivity index (χ2n) is 6.58. The van der Waals surface area contributed by atoms with Crippen molar-refractivity contribution in [2.45, 2.75) is 6.92 Å². The van der Waals surface area contributed by atoms with Gasteiger partial charge in [0.2, 0.25) is 0 Å². The van der Waals surface area contributed by atoms with Crippen molar-refractivity contribution in [1.82, 2.24) is 20.4 Å². The molecular weight excluding hydrogens is 430 g/mol. The number of aromatic nitrogens is 3. The van der Waals surface area contributed by atoms with Crippen molar-refractivity contribution in [1.29, 1.82) is 0 Å². The van der Waals surface area contributed by atoms with Crippen molar-refractivity contribution in [3.63, 3.8) is 0 Å². The molecule has 0 fully saturated rings. The summed E-state index contributed by atoms with van der Waals surface area (Å²) >= 11 is 0. The average molecular weight is 451 g/mol. The second kappa shape index (κ2) is 10.7. The first-order valence-corrected chi connectivity index (χ1v) is 9.66. The van der Waals surface area contributed by atoms with Crippen LogP contribution in [-0.4, -0.2) is 53.9 Å². The number of hydrazone groups is 1. The molecule has 2 heterocycles. The van der Waals surface area contributed by atoms with E-state index < -0.39 is 17.6 Å². The summed E-state index contributed by atoms with van der Waals surface area (Å²) in [6, 6.07) is 9.97. The van der Waals surface area contributed by atoms with Gasteiger partial charge in [0.15, 0.2) is 18.1 Å². The third kappa shape index (κ3) is 5.79. The highest BCUT2D eigenvalue weighted by Crippen LogP contribution is 2.33. The van der Waals surface area contributed by atoms with Gasteiger partial charge in [0.25, 0.3) is 5.91 Å². The SMILES string of the molecule is COC(=O)c1c(-c2ccc(OCC(=O)N/N=C/c3ccccn3)c(OC)c2)nc(=O)[nH]c1C. The van der Waals surface area contributed by atoms with Gasteiger partial charge < -0.3 is 19.2 Å². The third-order valence-corrected chi connectivity index (χ3v) is 4.38. The Morgan fingerprint density at radius 2 is 2.00 bits per heavy atom. The highest BCUT2D eigenvalue weighted by molar-refractivity contribution is 5.97. The minimum atomic E-state index is -0.645. The Bertz CT molecular complexity index is 1240. The number of methoxy groups -OCH3 is 2. The monoisotopic (exact) mass is 451 g/mol. The molecule has 1 amide bonds. The van der Waals surface area contributed by atoms with Gasteiger partial charge >= 0.3 is 11.7 Å². The summed E-state index contributed by atoms with van der Waals surface area (Å²) in [5.41, 5.74) is 3.32. The number of pyridine rings is 1. The fourth-order valence-electron chi connectivity index (χ4n) is 2.88. The molecule has 3 rings (SSSR count). The van der Waals surface area contributed by atoms with E-state index in [2.05, 4.69) is 25.5 Å². The first kappa shape index (κ1) is 23.1. The maximum atomic E-state index is 12.2. The van der Waals surface area contributed by atoms with E-state index >= 15 is 0 Å². The van der Waals surface area contributed by atoms with Gasteiger partial charge in [-0.2, -0.15) is 10.1 Å². The summed E-state index contributed by atoms with van der Waals surface area (Å²) in [6.45, 7) is 1.24. The molecule has 0 aliphatic carbocycles. The van der Waals surface area contributed by atoms with Gasteiger partial charge in [0.1, 0.15) is 5.56 Å². The molecule has 0 radical (unpaired) electrons. The fourth-order valence-corrected chi connectivity index (χ4v) is 2.88. The van der Waals surface area contributed by atoms with Crippen LogP contribution in [0.2, 0.25) is 0 Å². The van der Waals surface area contributed by atoms with E-state index in [1.165, 1.54) is 26.5 Å². The van der Waals surface area contributed by atoms with E-state index in [0.717, 1.165) is 0 Å². The van der Waals surface area contributed by atoms with Crippen LogP contribution in [0.5, 0.6) is 11.5 Å². The Labute approximate surface area is 188 Å². The molecule has 3 aromatic rings. The topological polar surface area (TPSA) is 145 Å². The minimum Gasteiger partial charge on any atom is -0.493 e. The van der Waals surface area contributed by atoms with Crippen LogP contribution in [0, 0.1) is 6.92 Å². The third-order valence-electron chi connectivity index (χ3n) is 4.38. The Morgan fingerprint density at radius 3 is 2.70 bits per heavy atom. The molecule has 2 N–H and O–H groups in total. The van der Waals surface area contributed by atoms with Gasteiger partial charge in [-0.3, -0.25) is 9.78 Å². The lowest BCUT2D eigenvalue weighted by atomic mass is 10.0. The zero-order valence-corrected chi connectivity index (χ0v) is 18.1. The predicted octanol–water partition coefficient (Wildman–Crippen LogP) is 1.46. The number of ether oxygens (including phenoxy) is 3. The second-order valence-corrected chi connectivity index (χ2v) is 6.58. The maximum Gasteiger partial charge on any atom is 0.345 e. The number of carbonyl (C=O) groups excluding carboxylic acids is 2. The van der Waals surface area contributed by atoms with Crippen LogP contribution in [0.3, 0.4) is 0 Å². The van der Waals surface area contributed by atoms with Crippen LogP contribution in [-0.2, 0) is 9.53 Å². The quantitative estimate of drug-likeness (QED) is 0.297. The van der Waals surface area contributed by atoms with Crippen LogP contribution in [0.1, 0.15) is 21.7 Å². The average Bonchev–Trinajstić information content (AvgIpc) is 2.82. The van der Waals surface area contributed by atoms with Crippen molar-refractivity contribution in [3.8, 4) is 22.8 Å². The normalized spacial score (nSPS) is 10.6. The van der Waals surface area contributed by atoms with Gasteiger partial charge in [-0.25, -0.2) is 15.0 Å². The van der Waals surface area contributed by atoms with Crippen LogP contribution in [0.25, 0.3) is 11.3 Å². The number of rotatable bonds is 8. The molecule has 11 nitrogen and oxygen atoms in total. The van der Waals surface area contributed by atoms with Gasteiger partial charge in [0.05, 0.1) is 31.8 Å². The van der Waals surface area contributed by atoms with Crippen molar-refractivity contribution < 1.29 is 23.8 Å². The molecule has 1 aromatic carbocycles. The lowest BCUT2D eigenvalue weighted by molar-refractivity contribution is -0.123.